The zero-order valence-corrected chi connectivity index (χ0v) is 16.8. The fourth-order valence-corrected chi connectivity index (χ4v) is 3.19. The van der Waals surface area contributed by atoms with E-state index in [0.29, 0.717) is 0 Å². The van der Waals surface area contributed by atoms with Crippen molar-refractivity contribution in [1.82, 2.24) is 0 Å². The molecule has 0 aliphatic carbocycles. The highest BCUT2D eigenvalue weighted by Crippen LogP contribution is 2.06. The molecule has 0 aromatic heterocycles. The summed E-state index contributed by atoms with van der Waals surface area (Å²) in [5.41, 5.74) is 0. The third kappa shape index (κ3) is 22.3. The Morgan fingerprint density at radius 1 is 0.478 bits per heavy atom. The Morgan fingerprint density at radius 3 is 1.30 bits per heavy atom. The van der Waals surface area contributed by atoms with Crippen molar-refractivity contribution in [1.29, 1.82) is 0 Å². The molecule has 0 bridgehead atoms. The van der Waals surface area contributed by atoms with Crippen molar-refractivity contribution in [2.24, 2.45) is 0 Å². The standard InChI is InChI=1S/C20H42O2S/c1-3-5-7-9-11-13-15-21-17-19-23-20-18-22-16-14-12-10-8-6-4-2/h3-20H2,1-2H3. The van der Waals surface area contributed by atoms with Gasteiger partial charge in [-0.15, -0.1) is 0 Å². The number of ether oxygens (including phenoxy) is 2. The van der Waals surface area contributed by atoms with Crippen LogP contribution in [0.1, 0.15) is 90.9 Å². The molecular weight excluding hydrogens is 304 g/mol. The van der Waals surface area contributed by atoms with E-state index in [1.165, 1.54) is 77.0 Å². The lowest BCUT2D eigenvalue weighted by molar-refractivity contribution is 0.142. The van der Waals surface area contributed by atoms with Gasteiger partial charge in [-0.25, -0.2) is 0 Å². The van der Waals surface area contributed by atoms with Crippen LogP contribution in [0.25, 0.3) is 0 Å². The van der Waals surface area contributed by atoms with E-state index in [1.54, 1.807) is 0 Å². The maximum Gasteiger partial charge on any atom is 0.0556 e. The van der Waals surface area contributed by atoms with Gasteiger partial charge in [0.15, 0.2) is 0 Å². The first kappa shape index (κ1) is 23.3. The molecule has 2 nitrogen and oxygen atoms in total. The summed E-state index contributed by atoms with van der Waals surface area (Å²) >= 11 is 1.95. The summed E-state index contributed by atoms with van der Waals surface area (Å²) in [5, 5.41) is 0. The lowest BCUT2D eigenvalue weighted by atomic mass is 10.1. The molecular formula is C20H42O2S. The maximum absolute atomic E-state index is 5.67. The summed E-state index contributed by atoms with van der Waals surface area (Å²) in [6.07, 6.45) is 16.1. The van der Waals surface area contributed by atoms with Crippen LogP contribution in [0.3, 0.4) is 0 Å². The van der Waals surface area contributed by atoms with Gasteiger partial charge in [-0.1, -0.05) is 78.1 Å². The summed E-state index contributed by atoms with van der Waals surface area (Å²) in [6, 6.07) is 0. The number of rotatable bonds is 20. The molecule has 0 aromatic rings. The second-order valence-electron chi connectivity index (χ2n) is 6.37. The van der Waals surface area contributed by atoms with Crippen LogP contribution in [0.4, 0.5) is 0 Å². The lowest BCUT2D eigenvalue weighted by Gasteiger charge is -2.06. The highest BCUT2D eigenvalue weighted by Gasteiger charge is 1.94. The first-order valence-electron chi connectivity index (χ1n) is 10.1. The first-order valence-corrected chi connectivity index (χ1v) is 11.3. The highest BCUT2D eigenvalue weighted by atomic mass is 32.2. The number of hydrogen-bond donors (Lipinski definition) is 0. The number of hydrogen-bond acceptors (Lipinski definition) is 3. The van der Waals surface area contributed by atoms with Crippen LogP contribution < -0.4 is 0 Å². The molecule has 0 saturated carbocycles. The first-order chi connectivity index (χ1) is 11.4. The van der Waals surface area contributed by atoms with E-state index < -0.39 is 0 Å². The van der Waals surface area contributed by atoms with Crippen LogP contribution in [-0.4, -0.2) is 37.9 Å². The fourth-order valence-electron chi connectivity index (χ4n) is 2.51. The molecule has 0 spiro atoms. The highest BCUT2D eigenvalue weighted by molar-refractivity contribution is 7.99. The molecule has 0 amide bonds. The van der Waals surface area contributed by atoms with Crippen molar-refractivity contribution in [3.05, 3.63) is 0 Å². The third-order valence-electron chi connectivity index (χ3n) is 4.03. The number of unbranched alkanes of at least 4 members (excludes halogenated alkanes) is 10. The molecule has 0 aliphatic heterocycles. The summed E-state index contributed by atoms with van der Waals surface area (Å²) < 4.78 is 11.3. The van der Waals surface area contributed by atoms with Crippen molar-refractivity contribution in [3.8, 4) is 0 Å². The monoisotopic (exact) mass is 346 g/mol. The summed E-state index contributed by atoms with van der Waals surface area (Å²) in [6.45, 7) is 8.22. The van der Waals surface area contributed by atoms with E-state index in [4.69, 9.17) is 9.47 Å². The largest absolute Gasteiger partial charge is 0.381 e. The lowest BCUT2D eigenvalue weighted by Crippen LogP contribution is -2.03. The van der Waals surface area contributed by atoms with Gasteiger partial charge in [-0.2, -0.15) is 11.8 Å². The van der Waals surface area contributed by atoms with E-state index in [0.717, 1.165) is 37.9 Å². The average molecular weight is 347 g/mol. The van der Waals surface area contributed by atoms with Crippen LogP contribution >= 0.6 is 11.8 Å². The smallest absolute Gasteiger partial charge is 0.0556 e. The van der Waals surface area contributed by atoms with Gasteiger partial charge >= 0.3 is 0 Å². The van der Waals surface area contributed by atoms with Gasteiger partial charge in [-0.05, 0) is 12.8 Å². The summed E-state index contributed by atoms with van der Waals surface area (Å²) in [4.78, 5) is 0. The van der Waals surface area contributed by atoms with Gasteiger partial charge in [0.2, 0.25) is 0 Å². The van der Waals surface area contributed by atoms with E-state index >= 15 is 0 Å². The quantitative estimate of drug-likeness (QED) is 0.235. The molecule has 0 radical (unpaired) electrons. The zero-order chi connectivity index (χ0) is 16.8. The molecule has 0 atom stereocenters. The van der Waals surface area contributed by atoms with Gasteiger partial charge < -0.3 is 9.47 Å². The van der Waals surface area contributed by atoms with Crippen molar-refractivity contribution < 1.29 is 9.47 Å². The van der Waals surface area contributed by atoms with Gasteiger partial charge in [0, 0.05) is 24.7 Å². The van der Waals surface area contributed by atoms with Crippen LogP contribution in [0.2, 0.25) is 0 Å². The molecule has 0 fully saturated rings. The molecule has 0 saturated heterocycles. The van der Waals surface area contributed by atoms with Crippen molar-refractivity contribution in [2.45, 2.75) is 90.9 Å². The van der Waals surface area contributed by atoms with E-state index in [1.807, 2.05) is 11.8 Å². The minimum Gasteiger partial charge on any atom is -0.381 e. The second kappa shape index (κ2) is 22.3. The normalized spacial score (nSPS) is 11.2. The minimum atomic E-state index is 0.900. The van der Waals surface area contributed by atoms with Gasteiger partial charge in [0.05, 0.1) is 13.2 Å². The van der Waals surface area contributed by atoms with Crippen molar-refractivity contribution in [3.63, 3.8) is 0 Å². The molecule has 140 valence electrons. The predicted molar refractivity (Wildman–Crippen MR) is 106 cm³/mol. The van der Waals surface area contributed by atoms with E-state index in [2.05, 4.69) is 13.8 Å². The van der Waals surface area contributed by atoms with Gasteiger partial charge in [0.1, 0.15) is 0 Å². The van der Waals surface area contributed by atoms with Gasteiger partial charge in [0.25, 0.3) is 0 Å². The van der Waals surface area contributed by atoms with Crippen molar-refractivity contribution >= 4 is 11.8 Å². The van der Waals surface area contributed by atoms with Crippen LogP contribution in [0.15, 0.2) is 0 Å². The molecule has 0 aliphatic rings. The predicted octanol–water partition coefficient (Wildman–Crippen LogP) is 6.47. The average Bonchev–Trinajstić information content (AvgIpc) is 2.57. The SMILES string of the molecule is CCCCCCCCOCCSCCOCCCCCCCC. The molecule has 3 heteroatoms. The Balaban J connectivity index is 2.92. The molecule has 0 N–H and O–H groups in total. The zero-order valence-electron chi connectivity index (χ0n) is 16.0. The Labute approximate surface area is 150 Å². The fraction of sp³-hybridized carbons (Fsp3) is 1.00. The van der Waals surface area contributed by atoms with Crippen LogP contribution in [0, 0.1) is 0 Å². The molecule has 0 aromatic carbocycles. The summed E-state index contributed by atoms with van der Waals surface area (Å²) in [7, 11) is 0. The van der Waals surface area contributed by atoms with E-state index in [-0.39, 0.29) is 0 Å². The Kier molecular flexibility index (Phi) is 22.5. The Morgan fingerprint density at radius 2 is 0.870 bits per heavy atom. The van der Waals surface area contributed by atoms with Crippen LogP contribution in [0.5, 0.6) is 0 Å². The topological polar surface area (TPSA) is 18.5 Å². The van der Waals surface area contributed by atoms with E-state index in [9.17, 15) is 0 Å². The second-order valence-corrected chi connectivity index (χ2v) is 7.60. The minimum absolute atomic E-state index is 0.900. The van der Waals surface area contributed by atoms with Crippen LogP contribution in [-0.2, 0) is 9.47 Å². The third-order valence-corrected chi connectivity index (χ3v) is 4.94. The number of thioether (sulfide) groups is 1. The molecule has 0 heterocycles. The molecule has 23 heavy (non-hydrogen) atoms. The van der Waals surface area contributed by atoms with Gasteiger partial charge in [-0.3, -0.25) is 0 Å². The Hall–Kier alpha value is 0.270. The molecule has 0 unspecified atom stereocenters. The van der Waals surface area contributed by atoms with Crippen molar-refractivity contribution in [2.75, 3.05) is 37.9 Å². The summed E-state index contributed by atoms with van der Waals surface area (Å²) in [5.74, 6) is 2.21. The molecule has 0 rings (SSSR count). The Bertz CT molecular complexity index is 180. The maximum atomic E-state index is 5.67.